The summed E-state index contributed by atoms with van der Waals surface area (Å²) in [7, 11) is 0. The van der Waals surface area contributed by atoms with Gasteiger partial charge in [0.2, 0.25) is 0 Å². The number of benzene rings is 1. The number of nitrogens with two attached hydrogens (primary N) is 1. The molecule has 2 N–H and O–H groups in total. The Hall–Kier alpha value is -1.59. The van der Waals surface area contributed by atoms with Gasteiger partial charge in [-0.3, -0.25) is 0 Å². The van der Waals surface area contributed by atoms with E-state index in [0.717, 1.165) is 5.56 Å². The summed E-state index contributed by atoms with van der Waals surface area (Å²) in [6.45, 7) is 1.49. The average molecular weight is 300 g/mol. The quantitative estimate of drug-likeness (QED) is 0.926. The fourth-order valence-corrected chi connectivity index (χ4v) is 2.36. The Bertz CT molecular complexity index is 628. The molecule has 100 valence electrons. The third kappa shape index (κ3) is 2.31. The zero-order chi connectivity index (χ0) is 13.4. The van der Waals surface area contributed by atoms with Crippen molar-refractivity contribution >= 4 is 29.0 Å². The lowest BCUT2D eigenvalue weighted by atomic mass is 10.2. The summed E-state index contributed by atoms with van der Waals surface area (Å²) in [4.78, 5) is 0. The van der Waals surface area contributed by atoms with Crippen LogP contribution in [0.2, 0.25) is 10.0 Å². The summed E-state index contributed by atoms with van der Waals surface area (Å²) >= 11 is 12.0. The lowest BCUT2D eigenvalue weighted by Gasteiger charge is -2.20. The van der Waals surface area contributed by atoms with Crippen LogP contribution < -0.4 is 15.2 Å². The molecule has 1 aromatic heterocycles. The van der Waals surface area contributed by atoms with Crippen LogP contribution in [0.3, 0.4) is 0 Å². The predicted molar refractivity (Wildman–Crippen MR) is 73.2 cm³/mol. The van der Waals surface area contributed by atoms with Crippen molar-refractivity contribution in [2.24, 2.45) is 0 Å². The first-order valence-electron chi connectivity index (χ1n) is 5.70. The van der Waals surface area contributed by atoms with Crippen molar-refractivity contribution in [3.63, 3.8) is 0 Å². The van der Waals surface area contributed by atoms with Crippen LogP contribution in [0.1, 0.15) is 5.56 Å². The number of rotatable bonds is 2. The molecule has 7 heteroatoms. The van der Waals surface area contributed by atoms with Gasteiger partial charge >= 0.3 is 0 Å². The van der Waals surface area contributed by atoms with Crippen LogP contribution in [0.4, 0.5) is 5.82 Å². The number of fused-ring (bicyclic) bond motifs is 1. The predicted octanol–water partition coefficient (Wildman–Crippen LogP) is 2.59. The van der Waals surface area contributed by atoms with Crippen molar-refractivity contribution in [2.45, 2.75) is 6.54 Å². The molecule has 2 aromatic rings. The molecule has 0 fully saturated rings. The zero-order valence-electron chi connectivity index (χ0n) is 9.90. The van der Waals surface area contributed by atoms with Crippen molar-refractivity contribution in [3.05, 3.63) is 33.9 Å². The molecule has 0 aliphatic carbocycles. The van der Waals surface area contributed by atoms with Crippen molar-refractivity contribution in [1.82, 2.24) is 9.78 Å². The number of hydrogen-bond acceptors (Lipinski definition) is 4. The summed E-state index contributed by atoms with van der Waals surface area (Å²) in [6.07, 6.45) is 1.51. The second kappa shape index (κ2) is 4.83. The summed E-state index contributed by atoms with van der Waals surface area (Å²) in [6, 6.07) is 3.68. The number of nitrogen functional groups attached to an aromatic ring is 1. The maximum absolute atomic E-state index is 6.17. The van der Waals surface area contributed by atoms with E-state index in [0.29, 0.717) is 47.1 Å². The Balaban J connectivity index is 1.93. The average Bonchev–Trinajstić information content (AvgIpc) is 2.71. The van der Waals surface area contributed by atoms with Gasteiger partial charge in [-0.25, -0.2) is 4.68 Å². The Kier molecular flexibility index (Phi) is 3.16. The molecule has 0 spiro atoms. The van der Waals surface area contributed by atoms with Crippen LogP contribution in [-0.4, -0.2) is 23.0 Å². The normalized spacial score (nSPS) is 13.6. The highest BCUT2D eigenvalue weighted by molar-refractivity contribution is 6.33. The highest BCUT2D eigenvalue weighted by Gasteiger charge is 2.17. The first-order valence-corrected chi connectivity index (χ1v) is 6.45. The Morgan fingerprint density at radius 3 is 2.74 bits per heavy atom. The van der Waals surface area contributed by atoms with E-state index in [1.54, 1.807) is 4.68 Å². The molecule has 0 radical (unpaired) electrons. The summed E-state index contributed by atoms with van der Waals surface area (Å²) in [5, 5.41) is 5.05. The molecule has 19 heavy (non-hydrogen) atoms. The third-order valence-corrected chi connectivity index (χ3v) is 3.39. The standard InChI is InChI=1S/C12H11Cl2N3O2/c13-8-3-7(4-10-11(8)19-2-1-18-10)6-17-12(15)9(14)5-16-17/h3-5H,1-2,6,15H2. The van der Waals surface area contributed by atoms with E-state index in [1.807, 2.05) is 12.1 Å². The fraction of sp³-hybridized carbons (Fsp3) is 0.250. The van der Waals surface area contributed by atoms with Gasteiger partial charge in [0.15, 0.2) is 11.5 Å². The molecule has 3 rings (SSSR count). The van der Waals surface area contributed by atoms with Gasteiger partial charge in [0, 0.05) is 0 Å². The van der Waals surface area contributed by atoms with Crippen LogP contribution in [-0.2, 0) is 6.54 Å². The van der Waals surface area contributed by atoms with Crippen molar-refractivity contribution in [2.75, 3.05) is 18.9 Å². The Morgan fingerprint density at radius 2 is 2.00 bits per heavy atom. The second-order valence-corrected chi connectivity index (χ2v) is 4.95. The van der Waals surface area contributed by atoms with Gasteiger partial charge in [-0.2, -0.15) is 5.10 Å². The fourth-order valence-electron chi connectivity index (χ4n) is 1.93. The SMILES string of the molecule is Nc1c(Cl)cnn1Cc1cc(Cl)c2c(c1)OCCO2. The van der Waals surface area contributed by atoms with Gasteiger partial charge in [-0.15, -0.1) is 0 Å². The van der Waals surface area contributed by atoms with Crippen LogP contribution in [0.5, 0.6) is 11.5 Å². The molecule has 0 unspecified atom stereocenters. The van der Waals surface area contributed by atoms with E-state index in [9.17, 15) is 0 Å². The van der Waals surface area contributed by atoms with Crippen molar-refractivity contribution in [1.29, 1.82) is 0 Å². The van der Waals surface area contributed by atoms with Gasteiger partial charge in [-0.1, -0.05) is 23.2 Å². The maximum atomic E-state index is 6.17. The smallest absolute Gasteiger partial charge is 0.179 e. The third-order valence-electron chi connectivity index (χ3n) is 2.82. The largest absolute Gasteiger partial charge is 0.486 e. The topological polar surface area (TPSA) is 62.3 Å². The molecule has 2 heterocycles. The minimum atomic E-state index is 0.424. The summed E-state index contributed by atoms with van der Waals surface area (Å²) in [5.41, 5.74) is 6.72. The molecular formula is C12H11Cl2N3O2. The number of anilines is 1. The number of halogens is 2. The van der Waals surface area contributed by atoms with Crippen molar-refractivity contribution < 1.29 is 9.47 Å². The first-order chi connectivity index (χ1) is 9.15. The molecule has 0 amide bonds. The molecule has 0 saturated heterocycles. The van der Waals surface area contributed by atoms with Crippen LogP contribution >= 0.6 is 23.2 Å². The monoisotopic (exact) mass is 299 g/mol. The summed E-state index contributed by atoms with van der Waals surface area (Å²) in [5.74, 6) is 1.65. The number of hydrogen-bond donors (Lipinski definition) is 1. The minimum absolute atomic E-state index is 0.424. The zero-order valence-corrected chi connectivity index (χ0v) is 11.4. The first kappa shape index (κ1) is 12.4. The highest BCUT2D eigenvalue weighted by Crippen LogP contribution is 2.38. The highest BCUT2D eigenvalue weighted by atomic mass is 35.5. The maximum Gasteiger partial charge on any atom is 0.179 e. The molecule has 1 aromatic carbocycles. The molecule has 5 nitrogen and oxygen atoms in total. The number of aromatic nitrogens is 2. The molecule has 0 atom stereocenters. The number of nitrogens with zero attached hydrogens (tertiary/aromatic N) is 2. The lowest BCUT2D eigenvalue weighted by Crippen LogP contribution is -2.16. The van der Waals surface area contributed by atoms with E-state index in [4.69, 9.17) is 38.4 Å². The summed E-state index contributed by atoms with van der Waals surface area (Å²) < 4.78 is 12.6. The van der Waals surface area contributed by atoms with Crippen LogP contribution in [0.25, 0.3) is 0 Å². The molecule has 0 bridgehead atoms. The van der Waals surface area contributed by atoms with Gasteiger partial charge in [-0.05, 0) is 17.7 Å². The minimum Gasteiger partial charge on any atom is -0.486 e. The van der Waals surface area contributed by atoms with Gasteiger partial charge < -0.3 is 15.2 Å². The van der Waals surface area contributed by atoms with Crippen molar-refractivity contribution in [3.8, 4) is 11.5 Å². The van der Waals surface area contributed by atoms with Crippen LogP contribution in [0.15, 0.2) is 18.3 Å². The van der Waals surface area contributed by atoms with E-state index in [2.05, 4.69) is 5.10 Å². The van der Waals surface area contributed by atoms with E-state index in [-0.39, 0.29) is 0 Å². The Morgan fingerprint density at radius 1 is 1.21 bits per heavy atom. The van der Waals surface area contributed by atoms with Gasteiger partial charge in [0.25, 0.3) is 0 Å². The van der Waals surface area contributed by atoms with Gasteiger partial charge in [0.05, 0.1) is 17.8 Å². The number of ether oxygens (including phenoxy) is 2. The van der Waals surface area contributed by atoms with E-state index < -0.39 is 0 Å². The molecule has 1 aliphatic rings. The molecule has 0 saturated carbocycles. The Labute approximate surface area is 119 Å². The van der Waals surface area contributed by atoms with Crippen LogP contribution in [0, 0.1) is 0 Å². The van der Waals surface area contributed by atoms with E-state index in [1.165, 1.54) is 6.20 Å². The molecule has 1 aliphatic heterocycles. The van der Waals surface area contributed by atoms with E-state index >= 15 is 0 Å². The van der Waals surface area contributed by atoms with Gasteiger partial charge in [0.1, 0.15) is 24.1 Å². The second-order valence-electron chi connectivity index (χ2n) is 4.14. The molecular weight excluding hydrogens is 289 g/mol. The lowest BCUT2D eigenvalue weighted by molar-refractivity contribution is 0.171.